The van der Waals surface area contributed by atoms with Crippen molar-refractivity contribution in [2.45, 2.75) is 18.9 Å². The molecule has 28 heavy (non-hydrogen) atoms. The molecule has 3 heterocycles. The van der Waals surface area contributed by atoms with Crippen LogP contribution >= 0.6 is 24.8 Å². The third-order valence-corrected chi connectivity index (χ3v) is 4.43. The lowest BCUT2D eigenvalue weighted by Gasteiger charge is -2.22. The van der Waals surface area contributed by atoms with Gasteiger partial charge in [-0.2, -0.15) is 0 Å². The maximum atomic E-state index is 12.5. The smallest absolute Gasteiger partial charge is 0.243 e. The number of amides is 1. The summed E-state index contributed by atoms with van der Waals surface area (Å²) in [6.07, 6.45) is 4.83. The molecule has 2 aromatic heterocycles. The Morgan fingerprint density at radius 3 is 2.79 bits per heavy atom. The lowest BCUT2D eigenvalue weighted by molar-refractivity contribution is -0.123. The van der Waals surface area contributed by atoms with Gasteiger partial charge in [-0.15, -0.1) is 24.8 Å². The van der Waals surface area contributed by atoms with Crippen molar-refractivity contribution in [3.8, 4) is 11.3 Å². The number of H-pyrrole nitrogens is 1. The molecule has 4 rings (SSSR count). The van der Waals surface area contributed by atoms with Crippen LogP contribution in [0.3, 0.4) is 0 Å². The first-order valence-corrected chi connectivity index (χ1v) is 8.72. The standard InChI is InChI=1S/C19H20N6O.2ClH/c26-19(18-17-15(7-10-21-18)23-12-24-17)22-11-8-16-20-9-6-14(25-16)13-4-2-1-3-5-13;;/h1-6,9,12,18,21H,7-8,10-11H2,(H,22,26)(H,23,24);2*1H. The van der Waals surface area contributed by atoms with Gasteiger partial charge in [-0.3, -0.25) is 4.79 Å². The first kappa shape index (κ1) is 21.8. The molecule has 3 aromatic rings. The summed E-state index contributed by atoms with van der Waals surface area (Å²) in [6, 6.07) is 11.5. The molecule has 148 valence electrons. The lowest BCUT2D eigenvalue weighted by atomic mass is 10.1. The molecule has 1 aliphatic heterocycles. The third kappa shape index (κ3) is 4.86. The second-order valence-electron chi connectivity index (χ2n) is 6.17. The summed E-state index contributed by atoms with van der Waals surface area (Å²) < 4.78 is 0. The zero-order chi connectivity index (χ0) is 17.8. The fourth-order valence-electron chi connectivity index (χ4n) is 3.12. The van der Waals surface area contributed by atoms with Gasteiger partial charge in [0.15, 0.2) is 0 Å². The highest BCUT2D eigenvalue weighted by atomic mass is 35.5. The Balaban J connectivity index is 0.00000140. The van der Waals surface area contributed by atoms with Crippen molar-refractivity contribution in [2.24, 2.45) is 0 Å². The zero-order valence-corrected chi connectivity index (χ0v) is 16.7. The van der Waals surface area contributed by atoms with Crippen molar-refractivity contribution in [2.75, 3.05) is 13.1 Å². The van der Waals surface area contributed by atoms with Crippen molar-refractivity contribution in [1.29, 1.82) is 0 Å². The minimum atomic E-state index is -0.401. The van der Waals surface area contributed by atoms with E-state index in [-0.39, 0.29) is 30.7 Å². The van der Waals surface area contributed by atoms with E-state index in [9.17, 15) is 4.79 Å². The zero-order valence-electron chi connectivity index (χ0n) is 15.1. The largest absolute Gasteiger partial charge is 0.354 e. The Hall–Kier alpha value is -2.48. The van der Waals surface area contributed by atoms with Crippen LogP contribution in [0, 0.1) is 0 Å². The summed E-state index contributed by atoms with van der Waals surface area (Å²) in [5.41, 5.74) is 3.76. The average molecular weight is 421 g/mol. The molecule has 0 bridgehead atoms. The molecule has 1 unspecified atom stereocenters. The van der Waals surface area contributed by atoms with Gasteiger partial charge >= 0.3 is 0 Å². The molecule has 1 aromatic carbocycles. The molecule has 0 saturated carbocycles. The Labute approximate surface area is 175 Å². The van der Waals surface area contributed by atoms with Gasteiger partial charge in [-0.25, -0.2) is 15.0 Å². The average Bonchev–Trinajstić information content (AvgIpc) is 3.18. The summed E-state index contributed by atoms with van der Waals surface area (Å²) in [6.45, 7) is 1.24. The van der Waals surface area contributed by atoms with E-state index >= 15 is 0 Å². The predicted molar refractivity (Wildman–Crippen MR) is 112 cm³/mol. The molecule has 0 spiro atoms. The van der Waals surface area contributed by atoms with Gasteiger partial charge in [-0.1, -0.05) is 30.3 Å². The van der Waals surface area contributed by atoms with Crippen molar-refractivity contribution >= 4 is 30.7 Å². The number of halogens is 2. The number of rotatable bonds is 5. The van der Waals surface area contributed by atoms with Crippen LogP contribution in [-0.2, 0) is 17.6 Å². The van der Waals surface area contributed by atoms with Gasteiger partial charge in [0.25, 0.3) is 0 Å². The first-order chi connectivity index (χ1) is 12.8. The van der Waals surface area contributed by atoms with Crippen LogP contribution in [0.15, 0.2) is 48.9 Å². The van der Waals surface area contributed by atoms with Crippen LogP contribution in [0.2, 0.25) is 0 Å². The number of fused-ring (bicyclic) bond motifs is 1. The third-order valence-electron chi connectivity index (χ3n) is 4.43. The summed E-state index contributed by atoms with van der Waals surface area (Å²) in [5.74, 6) is 0.640. The summed E-state index contributed by atoms with van der Waals surface area (Å²) >= 11 is 0. The van der Waals surface area contributed by atoms with Crippen LogP contribution in [0.5, 0.6) is 0 Å². The monoisotopic (exact) mass is 420 g/mol. The van der Waals surface area contributed by atoms with Gasteiger partial charge in [0.05, 0.1) is 17.7 Å². The topological polar surface area (TPSA) is 95.6 Å². The van der Waals surface area contributed by atoms with Crippen LogP contribution in [0.4, 0.5) is 0 Å². The molecule has 0 saturated heterocycles. The Morgan fingerprint density at radius 2 is 1.96 bits per heavy atom. The normalized spacial score (nSPS) is 14.9. The van der Waals surface area contributed by atoms with E-state index in [0.717, 1.165) is 35.6 Å². The molecule has 0 fully saturated rings. The van der Waals surface area contributed by atoms with E-state index in [0.29, 0.717) is 18.8 Å². The SMILES string of the molecule is Cl.Cl.O=C(NCCc1nccc(-c2ccccc2)n1)C1NCCc2[nH]cnc21. The van der Waals surface area contributed by atoms with Crippen molar-refractivity contribution in [3.05, 3.63) is 66.1 Å². The fourth-order valence-corrected chi connectivity index (χ4v) is 3.12. The Bertz CT molecular complexity index is 902. The fraction of sp³-hybridized carbons (Fsp3) is 0.263. The van der Waals surface area contributed by atoms with Crippen molar-refractivity contribution < 1.29 is 4.79 Å². The molecule has 9 heteroatoms. The maximum absolute atomic E-state index is 12.5. The summed E-state index contributed by atoms with van der Waals surface area (Å²) in [5, 5.41) is 6.17. The van der Waals surface area contributed by atoms with Crippen LogP contribution in [-0.4, -0.2) is 38.9 Å². The highest BCUT2D eigenvalue weighted by Crippen LogP contribution is 2.19. The molecule has 0 radical (unpaired) electrons. The van der Waals surface area contributed by atoms with Crippen molar-refractivity contribution in [1.82, 2.24) is 30.6 Å². The van der Waals surface area contributed by atoms with Crippen LogP contribution in [0.1, 0.15) is 23.3 Å². The summed E-state index contributed by atoms with van der Waals surface area (Å²) in [4.78, 5) is 28.7. The predicted octanol–water partition coefficient (Wildman–Crippen LogP) is 2.26. The van der Waals surface area contributed by atoms with Crippen LogP contribution in [0.25, 0.3) is 11.3 Å². The summed E-state index contributed by atoms with van der Waals surface area (Å²) in [7, 11) is 0. The van der Waals surface area contributed by atoms with E-state index in [1.807, 2.05) is 36.4 Å². The molecule has 1 amide bonds. The number of hydrogen-bond acceptors (Lipinski definition) is 5. The number of imidazole rings is 1. The molecule has 7 nitrogen and oxygen atoms in total. The van der Waals surface area contributed by atoms with Gasteiger partial charge in [0, 0.05) is 43.4 Å². The van der Waals surface area contributed by atoms with Crippen molar-refractivity contribution in [3.63, 3.8) is 0 Å². The number of carbonyl (C=O) groups excluding carboxylic acids is 1. The number of nitrogens with one attached hydrogen (secondary N) is 3. The Kier molecular flexibility index (Phi) is 7.92. The number of aromatic amines is 1. The van der Waals surface area contributed by atoms with Gasteiger partial charge < -0.3 is 15.6 Å². The van der Waals surface area contributed by atoms with Crippen LogP contribution < -0.4 is 10.6 Å². The quantitative estimate of drug-likeness (QED) is 0.588. The molecular formula is C19H22Cl2N6O. The highest BCUT2D eigenvalue weighted by Gasteiger charge is 2.28. The van der Waals surface area contributed by atoms with E-state index < -0.39 is 6.04 Å². The molecule has 3 N–H and O–H groups in total. The lowest BCUT2D eigenvalue weighted by Crippen LogP contribution is -2.42. The van der Waals surface area contributed by atoms with E-state index in [1.54, 1.807) is 12.5 Å². The number of aromatic nitrogens is 4. The minimum absolute atomic E-state index is 0. The molecular weight excluding hydrogens is 399 g/mol. The number of carbonyl (C=O) groups is 1. The Morgan fingerprint density at radius 1 is 1.14 bits per heavy atom. The number of hydrogen-bond donors (Lipinski definition) is 3. The number of nitrogens with zero attached hydrogens (tertiary/aromatic N) is 3. The molecule has 0 aliphatic carbocycles. The van der Waals surface area contributed by atoms with E-state index in [1.165, 1.54) is 0 Å². The molecule has 1 atom stereocenters. The molecule has 1 aliphatic rings. The number of benzene rings is 1. The second-order valence-corrected chi connectivity index (χ2v) is 6.17. The van der Waals surface area contributed by atoms with E-state index in [4.69, 9.17) is 0 Å². The van der Waals surface area contributed by atoms with E-state index in [2.05, 4.69) is 30.6 Å². The highest BCUT2D eigenvalue weighted by molar-refractivity contribution is 5.85. The first-order valence-electron chi connectivity index (χ1n) is 8.72. The minimum Gasteiger partial charge on any atom is -0.354 e. The second kappa shape index (κ2) is 10.2. The van der Waals surface area contributed by atoms with Gasteiger partial charge in [0.1, 0.15) is 11.9 Å². The van der Waals surface area contributed by atoms with Gasteiger partial charge in [-0.05, 0) is 6.07 Å². The van der Waals surface area contributed by atoms with Gasteiger partial charge in [0.2, 0.25) is 5.91 Å². The maximum Gasteiger partial charge on any atom is 0.243 e.